The second kappa shape index (κ2) is 6.04. The van der Waals surface area contributed by atoms with Crippen molar-refractivity contribution in [2.45, 2.75) is 37.9 Å². The Hall–Kier alpha value is -1.34. The minimum atomic E-state index is -4.34. The second-order valence-corrected chi connectivity index (χ2v) is 6.17. The molecule has 22 heavy (non-hydrogen) atoms. The quantitative estimate of drug-likeness (QED) is 0.836. The van der Waals surface area contributed by atoms with Crippen molar-refractivity contribution in [3.8, 4) is 0 Å². The molecule has 1 aliphatic carbocycles. The molecular formula is C15H18F3N3S. The lowest BCUT2D eigenvalue weighted by molar-refractivity contribution is -0.137. The molecule has 7 heteroatoms. The molecule has 1 saturated carbocycles. The molecule has 1 heterocycles. The van der Waals surface area contributed by atoms with E-state index in [-0.39, 0.29) is 0 Å². The maximum atomic E-state index is 12.9. The second-order valence-electron chi connectivity index (χ2n) is 5.78. The summed E-state index contributed by atoms with van der Waals surface area (Å²) in [5.41, 5.74) is -0.166. The molecule has 0 radical (unpaired) electrons. The zero-order valence-corrected chi connectivity index (χ0v) is 12.9. The highest BCUT2D eigenvalue weighted by atomic mass is 32.1. The normalized spacial score (nSPS) is 21.2. The molecule has 1 aromatic carbocycles. The molecule has 2 fully saturated rings. The fourth-order valence-corrected chi connectivity index (χ4v) is 3.35. The molecule has 0 unspecified atom stereocenters. The van der Waals surface area contributed by atoms with Gasteiger partial charge in [-0.25, -0.2) is 0 Å². The van der Waals surface area contributed by atoms with Crippen molar-refractivity contribution in [3.63, 3.8) is 0 Å². The van der Waals surface area contributed by atoms with Crippen molar-refractivity contribution >= 4 is 23.0 Å². The van der Waals surface area contributed by atoms with E-state index in [1.807, 2.05) is 0 Å². The number of rotatable bonds is 2. The third kappa shape index (κ3) is 3.20. The number of hydrogen-bond donors (Lipinski definition) is 1. The summed E-state index contributed by atoms with van der Waals surface area (Å²) in [5.74, 6) is 0. The monoisotopic (exact) mass is 329 g/mol. The lowest BCUT2D eigenvalue weighted by atomic mass is 10.1. The Labute approximate surface area is 133 Å². The van der Waals surface area contributed by atoms with Gasteiger partial charge in [-0.05, 0) is 43.3 Å². The van der Waals surface area contributed by atoms with Crippen LogP contribution in [0.3, 0.4) is 0 Å². The van der Waals surface area contributed by atoms with Crippen LogP contribution >= 0.6 is 12.2 Å². The topological polar surface area (TPSA) is 18.5 Å². The van der Waals surface area contributed by atoms with E-state index in [9.17, 15) is 13.2 Å². The van der Waals surface area contributed by atoms with Crippen LogP contribution in [0.2, 0.25) is 0 Å². The van der Waals surface area contributed by atoms with Gasteiger partial charge in [-0.3, -0.25) is 4.90 Å². The molecule has 0 bridgehead atoms. The Kier molecular flexibility index (Phi) is 4.27. The molecule has 0 atom stereocenters. The Balaban J connectivity index is 1.81. The molecule has 1 N–H and O–H groups in total. The van der Waals surface area contributed by atoms with E-state index in [1.54, 1.807) is 11.0 Å². The van der Waals surface area contributed by atoms with Crippen molar-refractivity contribution < 1.29 is 13.2 Å². The van der Waals surface area contributed by atoms with Crippen LogP contribution in [0, 0.1) is 0 Å². The summed E-state index contributed by atoms with van der Waals surface area (Å²) < 4.78 is 38.6. The van der Waals surface area contributed by atoms with Gasteiger partial charge >= 0.3 is 6.18 Å². The van der Waals surface area contributed by atoms with Crippen LogP contribution in [-0.4, -0.2) is 29.4 Å². The fraction of sp³-hybridized carbons (Fsp3) is 0.533. The van der Waals surface area contributed by atoms with Gasteiger partial charge in [0.2, 0.25) is 0 Å². The van der Waals surface area contributed by atoms with Crippen LogP contribution < -0.4 is 10.2 Å². The number of nitrogens with one attached hydrogen (secondary N) is 1. The molecule has 120 valence electrons. The van der Waals surface area contributed by atoms with E-state index in [0.29, 0.717) is 30.2 Å². The van der Waals surface area contributed by atoms with Crippen molar-refractivity contribution in [1.82, 2.24) is 10.2 Å². The van der Waals surface area contributed by atoms with Crippen molar-refractivity contribution in [1.29, 1.82) is 0 Å². The summed E-state index contributed by atoms with van der Waals surface area (Å²) in [6.45, 7) is 1.21. The van der Waals surface area contributed by atoms with Crippen molar-refractivity contribution in [2.75, 3.05) is 18.2 Å². The summed E-state index contributed by atoms with van der Waals surface area (Å²) in [6, 6.07) is 5.82. The summed E-state index contributed by atoms with van der Waals surface area (Å²) in [5, 5.41) is 3.60. The average Bonchev–Trinajstić information content (AvgIpc) is 3.01. The summed E-state index contributed by atoms with van der Waals surface area (Å²) in [4.78, 5) is 4.00. The lowest BCUT2D eigenvalue weighted by Crippen LogP contribution is -2.58. The van der Waals surface area contributed by atoms with Gasteiger partial charge in [0.25, 0.3) is 0 Å². The van der Waals surface area contributed by atoms with Crippen LogP contribution in [0.4, 0.5) is 18.9 Å². The Bertz CT molecular complexity index is 555. The van der Waals surface area contributed by atoms with Crippen LogP contribution in [0.5, 0.6) is 0 Å². The highest BCUT2D eigenvalue weighted by Gasteiger charge is 2.33. The van der Waals surface area contributed by atoms with Gasteiger partial charge in [0, 0.05) is 11.7 Å². The molecule has 1 saturated heterocycles. The Morgan fingerprint density at radius 2 is 1.91 bits per heavy atom. The maximum Gasteiger partial charge on any atom is 0.416 e. The van der Waals surface area contributed by atoms with E-state index in [1.165, 1.54) is 18.9 Å². The first kappa shape index (κ1) is 15.6. The first-order valence-electron chi connectivity index (χ1n) is 7.42. The van der Waals surface area contributed by atoms with Crippen LogP contribution in [0.15, 0.2) is 24.3 Å². The zero-order valence-electron chi connectivity index (χ0n) is 12.1. The van der Waals surface area contributed by atoms with Gasteiger partial charge in [0.1, 0.15) is 0 Å². The van der Waals surface area contributed by atoms with Gasteiger partial charge in [-0.1, -0.05) is 18.9 Å². The number of halogens is 3. The van der Waals surface area contributed by atoms with E-state index in [2.05, 4.69) is 10.2 Å². The molecule has 0 spiro atoms. The van der Waals surface area contributed by atoms with Gasteiger partial charge in [-0.2, -0.15) is 13.2 Å². The average molecular weight is 329 g/mol. The van der Waals surface area contributed by atoms with E-state index in [0.717, 1.165) is 25.0 Å². The summed E-state index contributed by atoms with van der Waals surface area (Å²) >= 11 is 5.28. The number of nitrogens with zero attached hydrogens (tertiary/aromatic N) is 2. The molecule has 0 amide bonds. The van der Waals surface area contributed by atoms with E-state index >= 15 is 0 Å². The number of hydrogen-bond acceptors (Lipinski definition) is 2. The molecular weight excluding hydrogens is 311 g/mol. The zero-order chi connectivity index (χ0) is 15.7. The predicted molar refractivity (Wildman–Crippen MR) is 83.5 cm³/mol. The molecule has 3 nitrogen and oxygen atoms in total. The van der Waals surface area contributed by atoms with E-state index in [4.69, 9.17) is 12.2 Å². The first-order chi connectivity index (χ1) is 10.4. The van der Waals surface area contributed by atoms with Crippen molar-refractivity contribution in [3.05, 3.63) is 29.8 Å². The molecule has 1 aliphatic heterocycles. The molecule has 2 aliphatic rings. The highest BCUT2D eigenvalue weighted by Crippen LogP contribution is 2.32. The Morgan fingerprint density at radius 3 is 2.59 bits per heavy atom. The molecule has 3 rings (SSSR count). The largest absolute Gasteiger partial charge is 0.416 e. The standard InChI is InChI=1S/C15H18F3N3S/c16-15(17,18)11-4-3-7-13(8-11)21-10-20(9-19-14(21)22)12-5-1-2-6-12/h3-4,7-8,12H,1-2,5-6,9-10H2,(H,19,22). The minimum absolute atomic E-state index is 0.480. The van der Waals surface area contributed by atoms with Gasteiger partial charge in [0.15, 0.2) is 5.11 Å². The highest BCUT2D eigenvalue weighted by molar-refractivity contribution is 7.80. The summed E-state index contributed by atoms with van der Waals surface area (Å²) in [6.07, 6.45) is 0.381. The number of benzene rings is 1. The number of anilines is 1. The molecule has 1 aromatic rings. The predicted octanol–water partition coefficient (Wildman–Crippen LogP) is 3.56. The smallest absolute Gasteiger partial charge is 0.349 e. The van der Waals surface area contributed by atoms with Crippen LogP contribution in [0.25, 0.3) is 0 Å². The first-order valence-corrected chi connectivity index (χ1v) is 7.82. The lowest BCUT2D eigenvalue weighted by Gasteiger charge is -2.41. The van der Waals surface area contributed by atoms with Crippen LogP contribution in [-0.2, 0) is 6.18 Å². The Morgan fingerprint density at radius 1 is 1.18 bits per heavy atom. The third-order valence-corrected chi connectivity index (χ3v) is 4.69. The summed E-state index contributed by atoms with van der Waals surface area (Å²) in [7, 11) is 0. The van der Waals surface area contributed by atoms with Gasteiger partial charge in [0.05, 0.1) is 18.9 Å². The van der Waals surface area contributed by atoms with E-state index < -0.39 is 11.7 Å². The van der Waals surface area contributed by atoms with Crippen LogP contribution in [0.1, 0.15) is 31.2 Å². The SMILES string of the molecule is FC(F)(F)c1cccc(N2CN(C3CCCC3)CNC2=S)c1. The minimum Gasteiger partial charge on any atom is -0.349 e. The van der Waals surface area contributed by atoms with Crippen molar-refractivity contribution in [2.24, 2.45) is 0 Å². The number of alkyl halides is 3. The van der Waals surface area contributed by atoms with Gasteiger partial charge in [-0.15, -0.1) is 0 Å². The van der Waals surface area contributed by atoms with Gasteiger partial charge < -0.3 is 10.2 Å². The molecule has 0 aromatic heterocycles. The fourth-order valence-electron chi connectivity index (χ4n) is 3.12. The maximum absolute atomic E-state index is 12.9. The number of thiocarbonyl (C=S) groups is 1. The third-order valence-electron chi connectivity index (χ3n) is 4.33.